The van der Waals surface area contributed by atoms with E-state index in [0.29, 0.717) is 6.42 Å². The van der Waals surface area contributed by atoms with Crippen LogP contribution in [0, 0.1) is 13.8 Å². The Morgan fingerprint density at radius 1 is 1.21 bits per heavy atom. The van der Waals surface area contributed by atoms with Crippen LogP contribution in [0.1, 0.15) is 48.7 Å². The normalized spacial score (nSPS) is 8.93. The lowest BCUT2D eigenvalue weighted by molar-refractivity contribution is 0.0987. The first-order valence-corrected chi connectivity index (χ1v) is 5.25. The monoisotopic (exact) mass is 192 g/mol. The maximum Gasteiger partial charge on any atom is 0.162 e. The molecule has 0 heterocycles. The zero-order valence-corrected chi connectivity index (χ0v) is 9.85. The van der Waals surface area contributed by atoms with Crippen molar-refractivity contribution in [3.63, 3.8) is 0 Å². The van der Waals surface area contributed by atoms with E-state index < -0.39 is 0 Å². The molecule has 14 heavy (non-hydrogen) atoms. The van der Waals surface area contributed by atoms with Crippen molar-refractivity contribution in [2.24, 2.45) is 0 Å². The van der Waals surface area contributed by atoms with Crippen molar-refractivity contribution in [2.45, 2.75) is 41.0 Å². The van der Waals surface area contributed by atoms with Crippen LogP contribution in [0.3, 0.4) is 0 Å². The first-order chi connectivity index (χ1) is 6.65. The SMILES string of the molecule is CC.CCC(=O)c1ccc(C)cc1C. The van der Waals surface area contributed by atoms with E-state index in [9.17, 15) is 4.79 Å². The van der Waals surface area contributed by atoms with Crippen molar-refractivity contribution in [2.75, 3.05) is 0 Å². The van der Waals surface area contributed by atoms with Gasteiger partial charge in [-0.15, -0.1) is 0 Å². The molecule has 1 heteroatoms. The number of hydrogen-bond acceptors (Lipinski definition) is 1. The van der Waals surface area contributed by atoms with Crippen LogP contribution in [-0.2, 0) is 0 Å². The van der Waals surface area contributed by atoms with Crippen LogP contribution in [-0.4, -0.2) is 5.78 Å². The molecule has 78 valence electrons. The zero-order chi connectivity index (χ0) is 11.1. The van der Waals surface area contributed by atoms with Crippen molar-refractivity contribution < 1.29 is 4.79 Å². The van der Waals surface area contributed by atoms with Crippen LogP contribution in [0.5, 0.6) is 0 Å². The van der Waals surface area contributed by atoms with Crippen molar-refractivity contribution in [1.29, 1.82) is 0 Å². The zero-order valence-electron chi connectivity index (χ0n) is 9.85. The molecule has 1 nitrogen and oxygen atoms in total. The average molecular weight is 192 g/mol. The topological polar surface area (TPSA) is 17.1 Å². The fourth-order valence-electron chi connectivity index (χ4n) is 1.32. The lowest BCUT2D eigenvalue weighted by atomic mass is 10.0. The van der Waals surface area contributed by atoms with E-state index in [1.54, 1.807) is 0 Å². The predicted octanol–water partition coefficient (Wildman–Crippen LogP) is 3.92. The van der Waals surface area contributed by atoms with Crippen molar-refractivity contribution in [1.82, 2.24) is 0 Å². The Morgan fingerprint density at radius 2 is 1.79 bits per heavy atom. The third-order valence-corrected chi connectivity index (χ3v) is 2.00. The maximum atomic E-state index is 11.3. The van der Waals surface area contributed by atoms with E-state index in [2.05, 4.69) is 0 Å². The fourth-order valence-corrected chi connectivity index (χ4v) is 1.32. The number of ketones is 1. The lowest BCUT2D eigenvalue weighted by Gasteiger charge is -2.03. The Kier molecular flexibility index (Phi) is 5.86. The summed E-state index contributed by atoms with van der Waals surface area (Å²) in [4.78, 5) is 11.3. The Balaban J connectivity index is 0.000000791. The smallest absolute Gasteiger partial charge is 0.162 e. The van der Waals surface area contributed by atoms with Crippen LogP contribution in [0.15, 0.2) is 18.2 Å². The minimum atomic E-state index is 0.229. The van der Waals surface area contributed by atoms with Crippen molar-refractivity contribution in [3.8, 4) is 0 Å². The largest absolute Gasteiger partial charge is 0.294 e. The van der Waals surface area contributed by atoms with Gasteiger partial charge in [0, 0.05) is 12.0 Å². The first kappa shape index (κ1) is 12.9. The van der Waals surface area contributed by atoms with Crippen LogP contribution in [0.4, 0.5) is 0 Å². The Morgan fingerprint density at radius 3 is 2.21 bits per heavy atom. The van der Waals surface area contributed by atoms with E-state index in [1.807, 2.05) is 52.8 Å². The molecule has 0 radical (unpaired) electrons. The Hall–Kier alpha value is -1.11. The van der Waals surface area contributed by atoms with E-state index in [1.165, 1.54) is 5.56 Å². The number of aryl methyl sites for hydroxylation is 2. The van der Waals surface area contributed by atoms with Crippen molar-refractivity contribution in [3.05, 3.63) is 34.9 Å². The summed E-state index contributed by atoms with van der Waals surface area (Å²) < 4.78 is 0. The summed E-state index contributed by atoms with van der Waals surface area (Å²) in [6.07, 6.45) is 0.587. The molecule has 0 saturated carbocycles. The van der Waals surface area contributed by atoms with Gasteiger partial charge in [-0.1, -0.05) is 44.5 Å². The first-order valence-electron chi connectivity index (χ1n) is 5.25. The van der Waals surface area contributed by atoms with Crippen LogP contribution >= 0.6 is 0 Å². The second-order valence-electron chi connectivity index (χ2n) is 3.10. The van der Waals surface area contributed by atoms with Crippen LogP contribution < -0.4 is 0 Å². The summed E-state index contributed by atoms with van der Waals surface area (Å²) in [6.45, 7) is 9.91. The second-order valence-corrected chi connectivity index (χ2v) is 3.10. The standard InChI is InChI=1S/C11H14O.C2H6/c1-4-11(12)10-6-5-8(2)7-9(10)3;1-2/h5-7H,4H2,1-3H3;1-2H3. The lowest BCUT2D eigenvalue weighted by Crippen LogP contribution is -1.99. The molecule has 1 aromatic carbocycles. The van der Waals surface area contributed by atoms with E-state index in [4.69, 9.17) is 0 Å². The Labute approximate surface area is 87.2 Å². The van der Waals surface area contributed by atoms with Crippen molar-refractivity contribution >= 4 is 5.78 Å². The summed E-state index contributed by atoms with van der Waals surface area (Å²) in [6, 6.07) is 5.94. The number of rotatable bonds is 2. The molecule has 0 amide bonds. The minimum absolute atomic E-state index is 0.229. The highest BCUT2D eigenvalue weighted by atomic mass is 16.1. The molecule has 0 aliphatic heterocycles. The van der Waals surface area contributed by atoms with Gasteiger partial charge in [-0.05, 0) is 19.4 Å². The molecule has 1 rings (SSSR count). The third-order valence-electron chi connectivity index (χ3n) is 2.00. The Bertz CT molecular complexity index is 300. The van der Waals surface area contributed by atoms with Gasteiger partial charge in [0.2, 0.25) is 0 Å². The number of hydrogen-bond donors (Lipinski definition) is 0. The van der Waals surface area contributed by atoms with Gasteiger partial charge < -0.3 is 0 Å². The number of carbonyl (C=O) groups excluding carboxylic acids is 1. The quantitative estimate of drug-likeness (QED) is 0.649. The highest BCUT2D eigenvalue weighted by molar-refractivity contribution is 5.97. The fraction of sp³-hybridized carbons (Fsp3) is 0.462. The highest BCUT2D eigenvalue weighted by Crippen LogP contribution is 2.12. The summed E-state index contributed by atoms with van der Waals surface area (Å²) >= 11 is 0. The molecular weight excluding hydrogens is 172 g/mol. The predicted molar refractivity (Wildman–Crippen MR) is 61.9 cm³/mol. The van der Waals surface area contributed by atoms with Gasteiger partial charge in [0.1, 0.15) is 0 Å². The molecular formula is C13H20O. The molecule has 0 bridgehead atoms. The molecule has 1 aromatic rings. The van der Waals surface area contributed by atoms with Gasteiger partial charge in [-0.25, -0.2) is 0 Å². The summed E-state index contributed by atoms with van der Waals surface area (Å²) in [5, 5.41) is 0. The number of benzene rings is 1. The number of Topliss-reactive ketones (excluding diaryl/α,β-unsaturated/α-hetero) is 1. The molecule has 0 unspecified atom stereocenters. The third kappa shape index (κ3) is 3.33. The second kappa shape index (κ2) is 6.36. The number of carbonyl (C=O) groups is 1. The van der Waals surface area contributed by atoms with E-state index in [-0.39, 0.29) is 5.78 Å². The van der Waals surface area contributed by atoms with Gasteiger partial charge in [-0.3, -0.25) is 4.79 Å². The summed E-state index contributed by atoms with van der Waals surface area (Å²) in [5.74, 6) is 0.229. The molecule has 0 aliphatic rings. The molecule has 0 spiro atoms. The maximum absolute atomic E-state index is 11.3. The minimum Gasteiger partial charge on any atom is -0.294 e. The summed E-state index contributed by atoms with van der Waals surface area (Å²) in [7, 11) is 0. The average Bonchev–Trinajstić information content (AvgIpc) is 2.20. The molecule has 0 fully saturated rings. The van der Waals surface area contributed by atoms with Gasteiger partial charge in [0.15, 0.2) is 5.78 Å². The molecule has 0 saturated heterocycles. The van der Waals surface area contributed by atoms with Gasteiger partial charge >= 0.3 is 0 Å². The van der Waals surface area contributed by atoms with E-state index >= 15 is 0 Å². The molecule has 0 N–H and O–H groups in total. The molecule has 0 aromatic heterocycles. The van der Waals surface area contributed by atoms with Crippen LogP contribution in [0.25, 0.3) is 0 Å². The molecule has 0 atom stereocenters. The summed E-state index contributed by atoms with van der Waals surface area (Å²) in [5.41, 5.74) is 3.16. The highest BCUT2D eigenvalue weighted by Gasteiger charge is 2.05. The van der Waals surface area contributed by atoms with Gasteiger partial charge in [0.25, 0.3) is 0 Å². The van der Waals surface area contributed by atoms with Gasteiger partial charge in [0.05, 0.1) is 0 Å². The van der Waals surface area contributed by atoms with E-state index in [0.717, 1.165) is 11.1 Å². The van der Waals surface area contributed by atoms with Gasteiger partial charge in [-0.2, -0.15) is 0 Å². The molecule has 0 aliphatic carbocycles. The van der Waals surface area contributed by atoms with Crippen LogP contribution in [0.2, 0.25) is 0 Å².